The molecule has 2 N–H and O–H groups in total. The van der Waals surface area contributed by atoms with Crippen molar-refractivity contribution < 1.29 is 24.2 Å². The molecule has 1 amide bonds. The van der Waals surface area contributed by atoms with Crippen molar-refractivity contribution in [3.63, 3.8) is 0 Å². The standard InChI is InChI=1S/C10H15N3O5/c1-5(2)6(9(15)17-3)12-8(14)7(13-11)10(16)18-4/h5-6H,1-4H3,(H-,12,14,16)/p+1/t6-/m0/s1. The van der Waals surface area contributed by atoms with Crippen LogP contribution in [-0.2, 0) is 19.1 Å². The minimum Gasteiger partial charge on any atom is -0.475 e. The van der Waals surface area contributed by atoms with Gasteiger partial charge in [0.1, 0.15) is 6.04 Å². The van der Waals surface area contributed by atoms with E-state index in [4.69, 9.17) is 10.5 Å². The van der Waals surface area contributed by atoms with Crippen molar-refractivity contribution in [2.24, 2.45) is 5.92 Å². The molecular formula is C10H16N3O5+. The second kappa shape index (κ2) is 7.11. The third-order valence-corrected chi connectivity index (χ3v) is 2.12. The van der Waals surface area contributed by atoms with Gasteiger partial charge in [-0.3, -0.25) is 4.79 Å². The molecule has 0 aromatic rings. The maximum absolute atomic E-state index is 11.6. The highest BCUT2D eigenvalue weighted by Crippen LogP contribution is 2.08. The summed E-state index contributed by atoms with van der Waals surface area (Å²) in [6.07, 6.45) is 0. The smallest absolute Gasteiger partial charge is 0.475 e. The molecule has 100 valence electrons. The quantitative estimate of drug-likeness (QED) is 0.322. The summed E-state index contributed by atoms with van der Waals surface area (Å²) >= 11 is 0. The predicted molar refractivity (Wildman–Crippen MR) is 60.5 cm³/mol. The number of methoxy groups -OCH3 is 2. The van der Waals surface area contributed by atoms with Gasteiger partial charge in [0.25, 0.3) is 0 Å². The lowest BCUT2D eigenvalue weighted by molar-refractivity contribution is -0.146. The molecule has 0 fully saturated rings. The van der Waals surface area contributed by atoms with E-state index in [0.29, 0.717) is 0 Å². The van der Waals surface area contributed by atoms with Crippen molar-refractivity contribution in [3.8, 4) is 0 Å². The van der Waals surface area contributed by atoms with E-state index in [0.717, 1.165) is 7.11 Å². The summed E-state index contributed by atoms with van der Waals surface area (Å²) in [4.78, 5) is 25.6. The molecule has 0 heterocycles. The van der Waals surface area contributed by atoms with Crippen LogP contribution in [0, 0.1) is 11.3 Å². The van der Waals surface area contributed by atoms with Gasteiger partial charge in [0.15, 0.2) is 4.98 Å². The summed E-state index contributed by atoms with van der Waals surface area (Å²) in [6.45, 7) is 3.38. The first-order valence-corrected chi connectivity index (χ1v) is 5.10. The van der Waals surface area contributed by atoms with Gasteiger partial charge in [0.2, 0.25) is 5.39 Å². The number of hydrogen-bond donors (Lipinski definition) is 2. The number of esters is 1. The molecule has 8 nitrogen and oxygen atoms in total. The van der Waals surface area contributed by atoms with Crippen LogP contribution in [0.4, 0.5) is 0 Å². The Hall–Kier alpha value is -2.30. The van der Waals surface area contributed by atoms with Crippen LogP contribution < -0.4 is 5.32 Å². The fraction of sp³-hybridized carbons (Fsp3) is 0.600. The number of aliphatic hydroxyl groups is 1. The van der Waals surface area contributed by atoms with E-state index >= 15 is 0 Å². The van der Waals surface area contributed by atoms with Gasteiger partial charge in [-0.2, -0.15) is 0 Å². The Bertz CT molecular complexity index is 397. The molecule has 0 radical (unpaired) electrons. The molecule has 0 aromatic heterocycles. The summed E-state index contributed by atoms with van der Waals surface area (Å²) in [5.41, 5.74) is -0.730. The third-order valence-electron chi connectivity index (χ3n) is 2.12. The first-order chi connectivity index (χ1) is 8.38. The number of amides is 1. The summed E-state index contributed by atoms with van der Waals surface area (Å²) < 4.78 is 8.88. The number of carbonyl (C=O) groups excluding carboxylic acids is 2. The molecule has 0 spiro atoms. The molecule has 0 aromatic carbocycles. The predicted octanol–water partition coefficient (Wildman–Crippen LogP) is 0.527. The molecule has 18 heavy (non-hydrogen) atoms. The van der Waals surface area contributed by atoms with Crippen molar-refractivity contribution in [2.75, 3.05) is 14.2 Å². The minimum atomic E-state index is -0.957. The number of nitrogens with zero attached hydrogens (tertiary/aromatic N) is 2. The lowest BCUT2D eigenvalue weighted by Gasteiger charge is -2.17. The maximum atomic E-state index is 11.6. The molecular weight excluding hydrogens is 242 g/mol. The van der Waals surface area contributed by atoms with Crippen LogP contribution in [-0.4, -0.2) is 37.2 Å². The Balaban J connectivity index is 5.03. The van der Waals surface area contributed by atoms with Crippen molar-refractivity contribution in [3.05, 3.63) is 16.6 Å². The molecule has 0 bridgehead atoms. The van der Waals surface area contributed by atoms with Crippen LogP contribution >= 0.6 is 0 Å². The molecule has 0 saturated carbocycles. The molecule has 1 atom stereocenters. The fourth-order valence-corrected chi connectivity index (χ4v) is 1.12. The van der Waals surface area contributed by atoms with E-state index in [9.17, 15) is 9.59 Å². The van der Waals surface area contributed by atoms with Crippen LogP contribution in [0.2, 0.25) is 0 Å². The number of hydrogen-bond acceptors (Lipinski definition) is 6. The van der Waals surface area contributed by atoms with Crippen LogP contribution in [0.5, 0.6) is 0 Å². The van der Waals surface area contributed by atoms with Gasteiger partial charge in [-0.25, -0.2) is 4.79 Å². The zero-order valence-electron chi connectivity index (χ0n) is 10.6. The lowest BCUT2D eigenvalue weighted by Crippen LogP contribution is -2.45. The van der Waals surface area contributed by atoms with Gasteiger partial charge in [-0.15, -0.1) is 0 Å². The fourth-order valence-electron chi connectivity index (χ4n) is 1.12. The summed E-state index contributed by atoms with van der Waals surface area (Å²) in [6, 6.07) is -0.927. The molecule has 8 heteroatoms. The first-order valence-electron chi connectivity index (χ1n) is 5.10. The average molecular weight is 258 g/mol. The van der Waals surface area contributed by atoms with Gasteiger partial charge >= 0.3 is 23.5 Å². The second-order valence-corrected chi connectivity index (χ2v) is 3.68. The summed E-state index contributed by atoms with van der Waals surface area (Å²) in [7, 11) is 2.28. The van der Waals surface area contributed by atoms with E-state index in [1.165, 1.54) is 7.11 Å². The van der Waals surface area contributed by atoms with E-state index in [1.54, 1.807) is 13.8 Å². The normalized spacial score (nSPS) is 13.1. The zero-order chi connectivity index (χ0) is 14.3. The van der Waals surface area contributed by atoms with E-state index in [2.05, 4.69) is 19.8 Å². The molecule has 0 aliphatic carbocycles. The minimum absolute atomic E-state index is 0.244. The number of nitrogens with one attached hydrogen (secondary N) is 1. The number of aliphatic hydroxyl groups excluding tert-OH is 1. The Morgan fingerprint density at radius 3 is 2.17 bits per heavy atom. The molecule has 0 aliphatic rings. The molecule has 0 rings (SSSR count). The van der Waals surface area contributed by atoms with Gasteiger partial charge in [0, 0.05) is 0 Å². The Morgan fingerprint density at radius 1 is 1.28 bits per heavy atom. The van der Waals surface area contributed by atoms with E-state index < -0.39 is 29.6 Å². The van der Waals surface area contributed by atoms with E-state index in [1.807, 2.05) is 0 Å². The van der Waals surface area contributed by atoms with Gasteiger partial charge in [0.05, 0.1) is 14.2 Å². The van der Waals surface area contributed by atoms with Gasteiger partial charge < -0.3 is 19.9 Å². The van der Waals surface area contributed by atoms with Crippen LogP contribution in [0.15, 0.2) is 11.6 Å². The highest BCUT2D eigenvalue weighted by atomic mass is 16.6. The SMILES string of the molecule is COC(=O)[C@@H](NC(=O)/C([N+]#N)=C(/O)OC)C(C)C. The van der Waals surface area contributed by atoms with Crippen molar-refractivity contribution >= 4 is 11.9 Å². The summed E-state index contributed by atoms with van der Waals surface area (Å²) in [5, 5.41) is 20.0. The molecule has 0 unspecified atom stereocenters. The van der Waals surface area contributed by atoms with Crippen LogP contribution in [0.3, 0.4) is 0 Å². The molecule has 0 aliphatic heterocycles. The first kappa shape index (κ1) is 15.7. The zero-order valence-corrected chi connectivity index (χ0v) is 10.6. The highest BCUT2D eigenvalue weighted by Gasteiger charge is 2.35. The van der Waals surface area contributed by atoms with Gasteiger partial charge in [-0.1, -0.05) is 13.8 Å². The van der Waals surface area contributed by atoms with Crippen LogP contribution in [0.1, 0.15) is 13.8 Å². The number of ether oxygens (including phenoxy) is 2. The monoisotopic (exact) mass is 258 g/mol. The molecule has 0 saturated heterocycles. The van der Waals surface area contributed by atoms with Crippen molar-refractivity contribution in [1.29, 1.82) is 5.39 Å². The third kappa shape index (κ3) is 3.93. The Kier molecular flexibility index (Phi) is 6.20. The van der Waals surface area contributed by atoms with Crippen molar-refractivity contribution in [1.82, 2.24) is 5.32 Å². The lowest BCUT2D eigenvalue weighted by atomic mass is 10.0. The average Bonchev–Trinajstić information content (AvgIpc) is 2.35. The Labute approximate surface area is 104 Å². The topological polar surface area (TPSA) is 113 Å². The van der Waals surface area contributed by atoms with Crippen molar-refractivity contribution in [2.45, 2.75) is 19.9 Å². The number of diazo groups is 1. The second-order valence-electron chi connectivity index (χ2n) is 3.68. The largest absolute Gasteiger partial charge is 0.527 e. The number of carbonyl (C=O) groups is 2. The number of rotatable bonds is 5. The van der Waals surface area contributed by atoms with Crippen LogP contribution in [0.25, 0.3) is 4.98 Å². The van der Waals surface area contributed by atoms with E-state index in [-0.39, 0.29) is 5.92 Å². The maximum Gasteiger partial charge on any atom is 0.527 e. The summed E-state index contributed by atoms with van der Waals surface area (Å²) in [5.74, 6) is -2.71. The highest BCUT2D eigenvalue weighted by molar-refractivity contribution is 5.97. The Morgan fingerprint density at radius 2 is 1.83 bits per heavy atom. The van der Waals surface area contributed by atoms with Gasteiger partial charge in [-0.05, 0) is 5.92 Å².